The van der Waals surface area contributed by atoms with Gasteiger partial charge >= 0.3 is 0 Å². The van der Waals surface area contributed by atoms with Gasteiger partial charge in [-0.2, -0.15) is 0 Å². The van der Waals surface area contributed by atoms with Crippen molar-refractivity contribution in [3.63, 3.8) is 0 Å². The average Bonchev–Trinajstić information content (AvgIpc) is 2.63. The normalized spacial score (nSPS) is 15.0. The average molecular weight is 303 g/mol. The maximum Gasteiger partial charge on any atom is 0.139 e. The third-order valence-electron chi connectivity index (χ3n) is 4.63. The zero-order chi connectivity index (χ0) is 15.6. The zero-order valence-electron chi connectivity index (χ0n) is 13.2. The molecule has 1 saturated heterocycles. The fourth-order valence-electron chi connectivity index (χ4n) is 3.45. The second kappa shape index (κ2) is 5.92. The van der Waals surface area contributed by atoms with Gasteiger partial charge in [0.05, 0.1) is 11.2 Å². The van der Waals surface area contributed by atoms with Crippen LogP contribution in [0.2, 0.25) is 0 Å². The topological polar surface area (TPSA) is 42.1 Å². The number of piperidine rings is 1. The van der Waals surface area contributed by atoms with Crippen LogP contribution in [0, 0.1) is 0 Å². The first-order chi connectivity index (χ1) is 11.3. The van der Waals surface area contributed by atoms with Crippen LogP contribution in [0.5, 0.6) is 0 Å². The summed E-state index contributed by atoms with van der Waals surface area (Å²) in [6.45, 7) is 2.12. The van der Waals surface area contributed by atoms with E-state index in [0.29, 0.717) is 0 Å². The van der Waals surface area contributed by atoms with Crippen LogP contribution >= 0.6 is 0 Å². The van der Waals surface area contributed by atoms with Gasteiger partial charge in [0.15, 0.2) is 0 Å². The standard InChI is InChI=1S/C20H21N3/c21-19-16-11-5-6-12-17(16)22-20(23-13-7-2-8-14-23)18(19)15-9-3-1-4-10-15/h1,3-6,9-12H,2,7-8,13-14H2,(H2,21,22). The first kappa shape index (κ1) is 14.1. The number of anilines is 2. The van der Waals surface area contributed by atoms with Gasteiger partial charge in [-0.1, -0.05) is 48.5 Å². The minimum absolute atomic E-state index is 0.836. The number of hydrogen-bond donors (Lipinski definition) is 1. The number of fused-ring (bicyclic) bond motifs is 1. The van der Waals surface area contributed by atoms with E-state index in [2.05, 4.69) is 35.2 Å². The molecule has 0 spiro atoms. The molecule has 2 aromatic carbocycles. The fraction of sp³-hybridized carbons (Fsp3) is 0.250. The van der Waals surface area contributed by atoms with Gasteiger partial charge in [-0.15, -0.1) is 0 Å². The fourth-order valence-corrected chi connectivity index (χ4v) is 3.45. The largest absolute Gasteiger partial charge is 0.398 e. The summed E-state index contributed by atoms with van der Waals surface area (Å²) in [5.74, 6) is 1.03. The Morgan fingerprint density at radius 2 is 1.52 bits per heavy atom. The van der Waals surface area contributed by atoms with Crippen molar-refractivity contribution in [1.82, 2.24) is 4.98 Å². The number of nitrogens with two attached hydrogens (primary N) is 1. The minimum Gasteiger partial charge on any atom is -0.398 e. The van der Waals surface area contributed by atoms with Crippen LogP contribution in [0.3, 0.4) is 0 Å². The predicted molar refractivity (Wildman–Crippen MR) is 97.7 cm³/mol. The summed E-state index contributed by atoms with van der Waals surface area (Å²) in [6.07, 6.45) is 3.76. The molecule has 0 radical (unpaired) electrons. The van der Waals surface area contributed by atoms with Crippen LogP contribution in [-0.2, 0) is 0 Å². The molecule has 2 heterocycles. The Morgan fingerprint density at radius 3 is 2.30 bits per heavy atom. The number of nitrogens with zero attached hydrogens (tertiary/aromatic N) is 2. The maximum absolute atomic E-state index is 6.59. The number of para-hydroxylation sites is 1. The van der Waals surface area contributed by atoms with Crippen molar-refractivity contribution in [3.8, 4) is 11.1 Å². The molecule has 1 aliphatic heterocycles. The van der Waals surface area contributed by atoms with Crippen LogP contribution < -0.4 is 10.6 Å². The van der Waals surface area contributed by atoms with Crippen molar-refractivity contribution in [2.24, 2.45) is 0 Å². The molecular formula is C20H21N3. The summed E-state index contributed by atoms with van der Waals surface area (Å²) in [4.78, 5) is 7.38. The highest BCUT2D eigenvalue weighted by atomic mass is 15.2. The summed E-state index contributed by atoms with van der Waals surface area (Å²) in [6, 6.07) is 18.6. The predicted octanol–water partition coefficient (Wildman–Crippen LogP) is 4.47. The van der Waals surface area contributed by atoms with Gasteiger partial charge in [0.25, 0.3) is 0 Å². The van der Waals surface area contributed by atoms with E-state index in [0.717, 1.165) is 46.6 Å². The highest BCUT2D eigenvalue weighted by Crippen LogP contribution is 2.39. The van der Waals surface area contributed by atoms with Crippen molar-refractivity contribution in [3.05, 3.63) is 54.6 Å². The Labute approximate surface area is 136 Å². The summed E-state index contributed by atoms with van der Waals surface area (Å²) < 4.78 is 0. The highest BCUT2D eigenvalue weighted by molar-refractivity contribution is 6.02. The SMILES string of the molecule is Nc1c(-c2ccccc2)c(N2CCCCC2)nc2ccccc12. The Morgan fingerprint density at radius 1 is 0.826 bits per heavy atom. The number of pyridine rings is 1. The van der Waals surface area contributed by atoms with E-state index in [1.54, 1.807) is 0 Å². The Kier molecular flexibility index (Phi) is 3.62. The molecule has 3 heteroatoms. The Balaban J connectivity index is 1.98. The number of nitrogen functional groups attached to an aromatic ring is 1. The van der Waals surface area contributed by atoms with Gasteiger partial charge in [-0.05, 0) is 30.9 Å². The summed E-state index contributed by atoms with van der Waals surface area (Å²) >= 11 is 0. The molecule has 0 saturated carbocycles. The van der Waals surface area contributed by atoms with Crippen molar-refractivity contribution in [2.45, 2.75) is 19.3 Å². The third kappa shape index (κ3) is 2.52. The van der Waals surface area contributed by atoms with E-state index < -0.39 is 0 Å². The zero-order valence-corrected chi connectivity index (χ0v) is 13.2. The van der Waals surface area contributed by atoms with Gasteiger partial charge in [0.2, 0.25) is 0 Å². The lowest BCUT2D eigenvalue weighted by Gasteiger charge is -2.30. The molecule has 3 nitrogen and oxygen atoms in total. The van der Waals surface area contributed by atoms with Crippen molar-refractivity contribution < 1.29 is 0 Å². The van der Waals surface area contributed by atoms with E-state index >= 15 is 0 Å². The molecule has 0 atom stereocenters. The van der Waals surface area contributed by atoms with E-state index in [-0.39, 0.29) is 0 Å². The van der Waals surface area contributed by atoms with Crippen LogP contribution in [0.4, 0.5) is 11.5 Å². The van der Waals surface area contributed by atoms with E-state index in [4.69, 9.17) is 10.7 Å². The molecule has 3 aromatic rings. The summed E-state index contributed by atoms with van der Waals surface area (Å²) in [5, 5.41) is 1.03. The van der Waals surface area contributed by atoms with E-state index in [9.17, 15) is 0 Å². The molecular weight excluding hydrogens is 282 g/mol. The van der Waals surface area contributed by atoms with Gasteiger partial charge in [-0.25, -0.2) is 4.98 Å². The van der Waals surface area contributed by atoms with Crippen molar-refractivity contribution in [2.75, 3.05) is 23.7 Å². The molecule has 23 heavy (non-hydrogen) atoms. The van der Waals surface area contributed by atoms with Crippen LogP contribution in [0.1, 0.15) is 19.3 Å². The quantitative estimate of drug-likeness (QED) is 0.759. The minimum atomic E-state index is 0.836. The molecule has 0 amide bonds. The number of rotatable bonds is 2. The van der Waals surface area contributed by atoms with Crippen LogP contribution in [0.15, 0.2) is 54.6 Å². The lowest BCUT2D eigenvalue weighted by molar-refractivity contribution is 0.574. The van der Waals surface area contributed by atoms with Gasteiger partial charge < -0.3 is 10.6 Å². The van der Waals surface area contributed by atoms with Gasteiger partial charge in [-0.3, -0.25) is 0 Å². The molecule has 1 aromatic heterocycles. The number of aromatic nitrogens is 1. The maximum atomic E-state index is 6.59. The van der Waals surface area contributed by atoms with Crippen molar-refractivity contribution in [1.29, 1.82) is 0 Å². The van der Waals surface area contributed by atoms with Gasteiger partial charge in [0, 0.05) is 24.0 Å². The lowest BCUT2D eigenvalue weighted by atomic mass is 10.00. The number of hydrogen-bond acceptors (Lipinski definition) is 3. The van der Waals surface area contributed by atoms with Gasteiger partial charge in [0.1, 0.15) is 5.82 Å². The molecule has 1 aliphatic rings. The van der Waals surface area contributed by atoms with E-state index in [1.807, 2.05) is 24.3 Å². The summed E-state index contributed by atoms with van der Waals surface area (Å²) in [7, 11) is 0. The molecule has 4 rings (SSSR count). The molecule has 2 N–H and O–H groups in total. The molecule has 116 valence electrons. The molecule has 1 fully saturated rings. The van der Waals surface area contributed by atoms with Crippen LogP contribution in [0.25, 0.3) is 22.0 Å². The second-order valence-corrected chi connectivity index (χ2v) is 6.15. The second-order valence-electron chi connectivity index (χ2n) is 6.15. The summed E-state index contributed by atoms with van der Waals surface area (Å²) in [5.41, 5.74) is 10.6. The third-order valence-corrected chi connectivity index (χ3v) is 4.63. The molecule has 0 unspecified atom stereocenters. The highest BCUT2D eigenvalue weighted by Gasteiger charge is 2.20. The van der Waals surface area contributed by atoms with Crippen molar-refractivity contribution >= 4 is 22.4 Å². The first-order valence-electron chi connectivity index (χ1n) is 8.33. The first-order valence-corrected chi connectivity index (χ1v) is 8.33. The van der Waals surface area contributed by atoms with Crippen LogP contribution in [-0.4, -0.2) is 18.1 Å². The lowest BCUT2D eigenvalue weighted by Crippen LogP contribution is -2.30. The number of benzene rings is 2. The smallest absolute Gasteiger partial charge is 0.139 e. The Bertz CT molecular complexity index is 821. The molecule has 0 bridgehead atoms. The van der Waals surface area contributed by atoms with E-state index in [1.165, 1.54) is 19.3 Å². The molecule has 0 aliphatic carbocycles. The Hall–Kier alpha value is -2.55. The monoisotopic (exact) mass is 303 g/mol.